The summed E-state index contributed by atoms with van der Waals surface area (Å²) in [5.41, 5.74) is 0.460. The lowest BCUT2D eigenvalue weighted by atomic mass is 9.79. The number of rotatable bonds is 9. The maximum atomic E-state index is 3.73. The third-order valence-corrected chi connectivity index (χ3v) is 3.96. The van der Waals surface area contributed by atoms with Gasteiger partial charge in [-0.2, -0.15) is 0 Å². The Morgan fingerprint density at radius 1 is 0.905 bits per heavy atom. The molecule has 0 bridgehead atoms. The predicted molar refractivity (Wildman–Crippen MR) is 92.9 cm³/mol. The van der Waals surface area contributed by atoms with E-state index in [9.17, 15) is 0 Å². The van der Waals surface area contributed by atoms with Crippen molar-refractivity contribution in [1.82, 2.24) is 21.3 Å². The third kappa shape index (κ3) is 8.77. The van der Waals surface area contributed by atoms with E-state index < -0.39 is 0 Å². The maximum absolute atomic E-state index is 3.73. The topological polar surface area (TPSA) is 48.1 Å². The van der Waals surface area contributed by atoms with Gasteiger partial charge in [0, 0.05) is 43.3 Å². The fraction of sp³-hybridized carbons (Fsp3) is 1.00. The lowest BCUT2D eigenvalue weighted by Crippen LogP contribution is -2.61. The SMILES string of the molecule is CC(C)CNCCNCCNC1CC(C)(C)NC(C)(C)C1. The van der Waals surface area contributed by atoms with E-state index in [0.717, 1.165) is 38.6 Å². The highest BCUT2D eigenvalue weighted by Gasteiger charge is 2.37. The van der Waals surface area contributed by atoms with Crippen LogP contribution in [-0.4, -0.2) is 49.8 Å². The average molecular weight is 299 g/mol. The van der Waals surface area contributed by atoms with Crippen molar-refractivity contribution < 1.29 is 0 Å². The van der Waals surface area contributed by atoms with Gasteiger partial charge >= 0.3 is 0 Å². The van der Waals surface area contributed by atoms with E-state index in [4.69, 9.17) is 0 Å². The van der Waals surface area contributed by atoms with Crippen LogP contribution in [0.1, 0.15) is 54.4 Å². The van der Waals surface area contributed by atoms with Crippen molar-refractivity contribution in [2.45, 2.75) is 71.5 Å². The van der Waals surface area contributed by atoms with Crippen LogP contribution in [0.25, 0.3) is 0 Å². The normalized spacial score (nSPS) is 21.9. The van der Waals surface area contributed by atoms with Gasteiger partial charge in [0.25, 0.3) is 0 Å². The van der Waals surface area contributed by atoms with Crippen molar-refractivity contribution >= 4 is 0 Å². The van der Waals surface area contributed by atoms with E-state index in [1.54, 1.807) is 0 Å². The zero-order valence-electron chi connectivity index (χ0n) is 15.1. The van der Waals surface area contributed by atoms with Crippen LogP contribution in [0.5, 0.6) is 0 Å². The second-order valence-corrected chi connectivity index (χ2v) is 8.30. The van der Waals surface area contributed by atoms with Crippen LogP contribution in [0.15, 0.2) is 0 Å². The van der Waals surface area contributed by atoms with Gasteiger partial charge in [0.2, 0.25) is 0 Å². The fourth-order valence-corrected chi connectivity index (χ4v) is 3.52. The van der Waals surface area contributed by atoms with E-state index in [1.165, 1.54) is 12.8 Å². The molecule has 1 heterocycles. The molecule has 0 spiro atoms. The van der Waals surface area contributed by atoms with Gasteiger partial charge in [-0.05, 0) is 53.0 Å². The lowest BCUT2D eigenvalue weighted by Gasteiger charge is -2.46. The Hall–Kier alpha value is -0.160. The van der Waals surface area contributed by atoms with Crippen molar-refractivity contribution in [3.63, 3.8) is 0 Å². The Morgan fingerprint density at radius 2 is 1.43 bits per heavy atom. The minimum Gasteiger partial charge on any atom is -0.315 e. The molecule has 1 saturated heterocycles. The number of hydrogen-bond acceptors (Lipinski definition) is 4. The van der Waals surface area contributed by atoms with Crippen LogP contribution in [0, 0.1) is 5.92 Å². The van der Waals surface area contributed by atoms with Gasteiger partial charge in [0.1, 0.15) is 0 Å². The fourth-order valence-electron chi connectivity index (χ4n) is 3.52. The molecule has 0 atom stereocenters. The molecule has 1 aliphatic rings. The quantitative estimate of drug-likeness (QED) is 0.490. The Morgan fingerprint density at radius 3 is 2.00 bits per heavy atom. The smallest absolute Gasteiger partial charge is 0.0144 e. The van der Waals surface area contributed by atoms with Crippen LogP contribution < -0.4 is 21.3 Å². The Bertz CT molecular complexity index is 271. The first-order valence-corrected chi connectivity index (χ1v) is 8.64. The molecule has 0 unspecified atom stereocenters. The first-order chi connectivity index (χ1) is 9.70. The zero-order valence-corrected chi connectivity index (χ0v) is 15.1. The molecule has 0 saturated carbocycles. The van der Waals surface area contributed by atoms with Crippen LogP contribution in [0.2, 0.25) is 0 Å². The molecule has 1 fully saturated rings. The largest absolute Gasteiger partial charge is 0.315 e. The molecule has 0 amide bonds. The minimum absolute atomic E-state index is 0.230. The molecule has 0 aromatic heterocycles. The summed E-state index contributed by atoms with van der Waals surface area (Å²) in [6.07, 6.45) is 2.40. The van der Waals surface area contributed by atoms with Crippen LogP contribution in [0.3, 0.4) is 0 Å². The highest BCUT2D eigenvalue weighted by atomic mass is 15.1. The summed E-state index contributed by atoms with van der Waals surface area (Å²) in [4.78, 5) is 0. The number of hydrogen-bond donors (Lipinski definition) is 4. The summed E-state index contributed by atoms with van der Waals surface area (Å²) in [7, 11) is 0. The van der Waals surface area contributed by atoms with Crippen LogP contribution in [-0.2, 0) is 0 Å². The summed E-state index contributed by atoms with van der Waals surface area (Å²) < 4.78 is 0. The summed E-state index contributed by atoms with van der Waals surface area (Å²) >= 11 is 0. The molecule has 4 N–H and O–H groups in total. The first-order valence-electron chi connectivity index (χ1n) is 8.64. The molecule has 0 aromatic carbocycles. The van der Waals surface area contributed by atoms with Crippen molar-refractivity contribution in [3.05, 3.63) is 0 Å². The van der Waals surface area contributed by atoms with E-state index in [0.29, 0.717) is 6.04 Å². The van der Waals surface area contributed by atoms with Gasteiger partial charge in [-0.25, -0.2) is 0 Å². The molecular formula is C17H38N4. The molecule has 4 nitrogen and oxygen atoms in total. The number of nitrogens with one attached hydrogen (secondary N) is 4. The summed E-state index contributed by atoms with van der Waals surface area (Å²) in [5.74, 6) is 0.735. The molecule has 126 valence electrons. The molecule has 4 heteroatoms. The van der Waals surface area contributed by atoms with Crippen molar-refractivity contribution in [1.29, 1.82) is 0 Å². The summed E-state index contributed by atoms with van der Waals surface area (Å²) in [5, 5.41) is 14.4. The van der Waals surface area contributed by atoms with Gasteiger partial charge in [-0.1, -0.05) is 13.8 Å². The van der Waals surface area contributed by atoms with E-state index >= 15 is 0 Å². The maximum Gasteiger partial charge on any atom is 0.0144 e. The van der Waals surface area contributed by atoms with Crippen LogP contribution in [0.4, 0.5) is 0 Å². The van der Waals surface area contributed by atoms with Gasteiger partial charge < -0.3 is 21.3 Å². The first kappa shape index (κ1) is 18.9. The van der Waals surface area contributed by atoms with Gasteiger partial charge in [-0.15, -0.1) is 0 Å². The van der Waals surface area contributed by atoms with E-state index in [-0.39, 0.29) is 11.1 Å². The highest BCUT2D eigenvalue weighted by molar-refractivity contribution is 4.99. The Balaban J connectivity index is 2.07. The van der Waals surface area contributed by atoms with Gasteiger partial charge in [0.15, 0.2) is 0 Å². The van der Waals surface area contributed by atoms with Crippen molar-refractivity contribution in [2.75, 3.05) is 32.7 Å². The molecule has 21 heavy (non-hydrogen) atoms. The Labute approximate surface area is 132 Å². The Kier molecular flexibility index (Phi) is 7.62. The van der Waals surface area contributed by atoms with Crippen molar-refractivity contribution in [3.8, 4) is 0 Å². The second-order valence-electron chi connectivity index (χ2n) is 8.30. The summed E-state index contributed by atoms with van der Waals surface area (Å²) in [6.45, 7) is 19.0. The van der Waals surface area contributed by atoms with E-state index in [1.807, 2.05) is 0 Å². The second kappa shape index (κ2) is 8.47. The molecule has 0 radical (unpaired) electrons. The van der Waals surface area contributed by atoms with Gasteiger partial charge in [-0.3, -0.25) is 0 Å². The highest BCUT2D eigenvalue weighted by Crippen LogP contribution is 2.28. The molecule has 0 aromatic rings. The third-order valence-electron chi connectivity index (χ3n) is 3.96. The monoisotopic (exact) mass is 298 g/mol. The predicted octanol–water partition coefficient (Wildman–Crippen LogP) is 1.72. The standard InChI is InChI=1S/C17H38N4/c1-14(2)13-19-8-7-18-9-10-20-15-11-16(3,4)21-17(5,6)12-15/h14-15,18-21H,7-13H2,1-6H3. The summed E-state index contributed by atoms with van der Waals surface area (Å²) in [6, 6.07) is 0.622. The molecule has 1 rings (SSSR count). The minimum atomic E-state index is 0.230. The van der Waals surface area contributed by atoms with Crippen molar-refractivity contribution in [2.24, 2.45) is 5.92 Å². The molecule has 1 aliphatic heterocycles. The number of piperidine rings is 1. The lowest BCUT2D eigenvalue weighted by molar-refractivity contribution is 0.146. The zero-order chi connectivity index (χ0) is 15.9. The average Bonchev–Trinajstić information content (AvgIpc) is 2.28. The molecular weight excluding hydrogens is 260 g/mol. The molecule has 0 aliphatic carbocycles. The van der Waals surface area contributed by atoms with Gasteiger partial charge in [0.05, 0.1) is 0 Å². The van der Waals surface area contributed by atoms with E-state index in [2.05, 4.69) is 62.8 Å². The van der Waals surface area contributed by atoms with Crippen LogP contribution >= 0.6 is 0 Å².